The minimum atomic E-state index is -1.04. The number of methoxy groups -OCH3 is 1. The fourth-order valence-corrected chi connectivity index (χ4v) is 1.92. The van der Waals surface area contributed by atoms with Crippen molar-refractivity contribution in [3.05, 3.63) is 29.8 Å². The molecule has 1 aromatic rings. The van der Waals surface area contributed by atoms with Gasteiger partial charge < -0.3 is 20.5 Å². The fourth-order valence-electron chi connectivity index (χ4n) is 1.92. The van der Waals surface area contributed by atoms with E-state index in [0.29, 0.717) is 18.7 Å². The Hall–Kier alpha value is -2.08. The van der Waals surface area contributed by atoms with Gasteiger partial charge in [-0.15, -0.1) is 0 Å². The van der Waals surface area contributed by atoms with Gasteiger partial charge in [-0.25, -0.2) is 9.59 Å². The maximum Gasteiger partial charge on any atom is 0.326 e. The first-order valence-corrected chi connectivity index (χ1v) is 6.80. The van der Waals surface area contributed by atoms with E-state index in [1.165, 1.54) is 0 Å². The van der Waals surface area contributed by atoms with Crippen molar-refractivity contribution in [2.45, 2.75) is 32.9 Å². The molecule has 6 nitrogen and oxygen atoms in total. The molecule has 0 saturated carbocycles. The quantitative estimate of drug-likeness (QED) is 0.721. The molecule has 0 radical (unpaired) electrons. The molecule has 116 valence electrons. The number of hydrogen-bond acceptors (Lipinski definition) is 3. The fraction of sp³-hybridized carbons (Fsp3) is 0.467. The average molecular weight is 294 g/mol. The highest BCUT2D eigenvalue weighted by atomic mass is 16.5. The normalized spacial score (nSPS) is 12.0. The topological polar surface area (TPSA) is 87.7 Å². The molecule has 0 aliphatic heterocycles. The van der Waals surface area contributed by atoms with Gasteiger partial charge >= 0.3 is 12.0 Å². The second-order valence-corrected chi connectivity index (χ2v) is 5.25. The van der Waals surface area contributed by atoms with E-state index in [1.807, 2.05) is 19.9 Å². The number of carbonyl (C=O) groups excluding carboxylic acids is 1. The first-order valence-electron chi connectivity index (χ1n) is 6.80. The Morgan fingerprint density at radius 1 is 1.33 bits per heavy atom. The lowest BCUT2D eigenvalue weighted by Crippen LogP contribution is -2.43. The highest BCUT2D eigenvalue weighted by Crippen LogP contribution is 2.12. The van der Waals surface area contributed by atoms with Crippen LogP contribution < -0.4 is 10.6 Å². The van der Waals surface area contributed by atoms with Crippen LogP contribution in [-0.2, 0) is 16.1 Å². The van der Waals surface area contributed by atoms with E-state index in [4.69, 9.17) is 9.84 Å². The lowest BCUT2D eigenvalue weighted by Gasteiger charge is -2.17. The average Bonchev–Trinajstić information content (AvgIpc) is 2.38. The predicted octanol–water partition coefficient (Wildman–Crippen LogP) is 2.45. The standard InChI is InChI=1S/C15H22N2O4/c1-10(2)7-13(14(18)19)17-15(20)16-12-6-4-5-11(8-12)9-21-3/h4-6,8,10,13H,7,9H2,1-3H3,(H,18,19)(H2,16,17,20)/t13-/m1/s1. The number of amides is 2. The zero-order chi connectivity index (χ0) is 15.8. The van der Waals surface area contributed by atoms with Gasteiger partial charge in [0.1, 0.15) is 6.04 Å². The molecule has 21 heavy (non-hydrogen) atoms. The van der Waals surface area contributed by atoms with Crippen LogP contribution >= 0.6 is 0 Å². The van der Waals surface area contributed by atoms with Gasteiger partial charge in [0.15, 0.2) is 0 Å². The summed E-state index contributed by atoms with van der Waals surface area (Å²) in [6, 6.07) is 5.76. The SMILES string of the molecule is COCc1cccc(NC(=O)N[C@H](CC(C)C)C(=O)O)c1. The molecule has 1 atom stereocenters. The number of carboxylic acids is 1. The number of ether oxygens (including phenoxy) is 1. The van der Waals surface area contributed by atoms with Crippen LogP contribution in [0.3, 0.4) is 0 Å². The third kappa shape index (κ3) is 6.27. The Kier molecular flexibility index (Phi) is 6.68. The zero-order valence-electron chi connectivity index (χ0n) is 12.6. The third-order valence-electron chi connectivity index (χ3n) is 2.81. The van der Waals surface area contributed by atoms with E-state index < -0.39 is 18.0 Å². The van der Waals surface area contributed by atoms with Crippen molar-refractivity contribution >= 4 is 17.7 Å². The van der Waals surface area contributed by atoms with Crippen LogP contribution in [0.4, 0.5) is 10.5 Å². The second-order valence-electron chi connectivity index (χ2n) is 5.25. The highest BCUT2D eigenvalue weighted by Gasteiger charge is 2.20. The lowest BCUT2D eigenvalue weighted by molar-refractivity contribution is -0.139. The first-order chi connectivity index (χ1) is 9.92. The number of carbonyl (C=O) groups is 2. The monoisotopic (exact) mass is 294 g/mol. The van der Waals surface area contributed by atoms with Crippen LogP contribution in [0.15, 0.2) is 24.3 Å². The molecule has 0 fully saturated rings. The van der Waals surface area contributed by atoms with Gasteiger partial charge in [-0.1, -0.05) is 26.0 Å². The Morgan fingerprint density at radius 3 is 2.62 bits per heavy atom. The van der Waals surface area contributed by atoms with Gasteiger partial charge in [-0.3, -0.25) is 0 Å². The number of rotatable bonds is 7. The van der Waals surface area contributed by atoms with Crippen LogP contribution in [0.2, 0.25) is 0 Å². The van der Waals surface area contributed by atoms with Crippen LogP contribution in [0, 0.1) is 5.92 Å². The minimum Gasteiger partial charge on any atom is -0.480 e. The van der Waals surface area contributed by atoms with Crippen LogP contribution in [-0.4, -0.2) is 30.3 Å². The molecule has 0 heterocycles. The molecule has 0 bridgehead atoms. The summed E-state index contributed by atoms with van der Waals surface area (Å²) in [6.45, 7) is 4.26. The van der Waals surface area contributed by atoms with E-state index in [0.717, 1.165) is 5.56 Å². The summed E-state index contributed by atoms with van der Waals surface area (Å²) in [4.78, 5) is 23.0. The molecule has 6 heteroatoms. The summed E-state index contributed by atoms with van der Waals surface area (Å²) in [5.41, 5.74) is 1.52. The number of aliphatic carboxylic acids is 1. The number of hydrogen-bond donors (Lipinski definition) is 3. The van der Waals surface area contributed by atoms with E-state index in [2.05, 4.69) is 10.6 Å². The van der Waals surface area contributed by atoms with Crippen molar-refractivity contribution in [2.24, 2.45) is 5.92 Å². The van der Waals surface area contributed by atoms with Crippen molar-refractivity contribution in [1.29, 1.82) is 0 Å². The Morgan fingerprint density at radius 2 is 2.05 bits per heavy atom. The summed E-state index contributed by atoms with van der Waals surface area (Å²) in [5.74, 6) is -0.858. The van der Waals surface area contributed by atoms with E-state index in [-0.39, 0.29) is 5.92 Å². The number of carboxylic acid groups (broad SMARTS) is 1. The largest absolute Gasteiger partial charge is 0.480 e. The van der Waals surface area contributed by atoms with Crippen LogP contribution in [0.25, 0.3) is 0 Å². The minimum absolute atomic E-state index is 0.177. The smallest absolute Gasteiger partial charge is 0.326 e. The summed E-state index contributed by atoms with van der Waals surface area (Å²) in [7, 11) is 1.59. The van der Waals surface area contributed by atoms with Gasteiger partial charge in [0, 0.05) is 12.8 Å². The highest BCUT2D eigenvalue weighted by molar-refractivity contribution is 5.92. The molecule has 0 aliphatic rings. The number of urea groups is 1. The lowest BCUT2D eigenvalue weighted by atomic mass is 10.0. The second kappa shape index (κ2) is 8.26. The van der Waals surface area contributed by atoms with Crippen molar-refractivity contribution in [1.82, 2.24) is 5.32 Å². The molecule has 2 amide bonds. The number of anilines is 1. The van der Waals surface area contributed by atoms with Gasteiger partial charge in [0.25, 0.3) is 0 Å². The molecule has 0 aromatic heterocycles. The molecular weight excluding hydrogens is 272 g/mol. The van der Waals surface area contributed by atoms with Crippen molar-refractivity contribution in [3.8, 4) is 0 Å². The number of nitrogens with one attached hydrogen (secondary N) is 2. The third-order valence-corrected chi connectivity index (χ3v) is 2.81. The van der Waals surface area contributed by atoms with Crippen molar-refractivity contribution in [3.63, 3.8) is 0 Å². The first kappa shape index (κ1) is 17.0. The van der Waals surface area contributed by atoms with E-state index >= 15 is 0 Å². The van der Waals surface area contributed by atoms with Crippen LogP contribution in [0.1, 0.15) is 25.8 Å². The van der Waals surface area contributed by atoms with E-state index in [1.54, 1.807) is 25.3 Å². The molecule has 0 unspecified atom stereocenters. The molecule has 0 spiro atoms. The summed E-state index contributed by atoms with van der Waals surface area (Å²) in [6.07, 6.45) is 0.381. The Balaban J connectivity index is 2.63. The molecular formula is C15H22N2O4. The maximum atomic E-state index is 11.9. The van der Waals surface area contributed by atoms with Gasteiger partial charge in [0.2, 0.25) is 0 Å². The van der Waals surface area contributed by atoms with Crippen molar-refractivity contribution in [2.75, 3.05) is 12.4 Å². The summed E-state index contributed by atoms with van der Waals surface area (Å²) >= 11 is 0. The Bertz CT molecular complexity index is 488. The molecule has 0 saturated heterocycles. The van der Waals surface area contributed by atoms with Crippen molar-refractivity contribution < 1.29 is 19.4 Å². The number of benzene rings is 1. The molecule has 3 N–H and O–H groups in total. The maximum absolute atomic E-state index is 11.9. The van der Waals surface area contributed by atoms with Gasteiger partial charge in [0.05, 0.1) is 6.61 Å². The summed E-state index contributed by atoms with van der Waals surface area (Å²) < 4.78 is 5.02. The molecule has 1 rings (SSSR count). The van der Waals surface area contributed by atoms with Gasteiger partial charge in [-0.2, -0.15) is 0 Å². The van der Waals surface area contributed by atoms with Crippen LogP contribution in [0.5, 0.6) is 0 Å². The molecule has 1 aromatic carbocycles. The molecule has 0 aliphatic carbocycles. The zero-order valence-corrected chi connectivity index (χ0v) is 12.6. The Labute approximate surface area is 124 Å². The van der Waals surface area contributed by atoms with Gasteiger partial charge in [-0.05, 0) is 30.0 Å². The van der Waals surface area contributed by atoms with E-state index in [9.17, 15) is 9.59 Å². The predicted molar refractivity (Wildman–Crippen MR) is 80.2 cm³/mol. The summed E-state index contributed by atoms with van der Waals surface area (Å²) in [5, 5.41) is 14.2.